The highest BCUT2D eigenvalue weighted by atomic mass is 32.1. The number of aromatic nitrogens is 4. The molecule has 10 aromatic rings. The zero-order chi connectivity index (χ0) is 30.2. The predicted molar refractivity (Wildman–Crippen MR) is 193 cm³/mol. The molecule has 0 bridgehead atoms. The average molecular weight is 605 g/mol. The second-order valence-electron chi connectivity index (χ2n) is 11.6. The maximum Gasteiger partial charge on any atom is 0.0915 e. The van der Waals surface area contributed by atoms with Crippen LogP contribution in [0.1, 0.15) is 0 Å². The van der Waals surface area contributed by atoms with Gasteiger partial charge in [-0.15, -0.1) is 11.3 Å². The highest BCUT2D eigenvalue weighted by Crippen LogP contribution is 2.49. The number of thiophene rings is 1. The summed E-state index contributed by atoms with van der Waals surface area (Å²) < 4.78 is 5.07. The Hall–Kier alpha value is -5.91. The van der Waals surface area contributed by atoms with Crippen molar-refractivity contribution in [1.82, 2.24) is 19.5 Å². The Balaban J connectivity index is 1.44. The van der Waals surface area contributed by atoms with Crippen LogP contribution in [-0.4, -0.2) is 19.5 Å². The standard InChI is InChI=1S/C41H24N4S/c1-2-12-27-25(11-1)19-20-31-38-39-37(28-13-3-4-14-29(28)41(38)46-40(27)31)30-15-5-6-18-36(30)45(39)26-23-34(32-16-7-9-21-42-32)44-35(24-26)33-17-8-10-22-43-33/h1-24H. The van der Waals surface area contributed by atoms with Crippen LogP contribution in [0.25, 0.3) is 92.0 Å². The van der Waals surface area contributed by atoms with E-state index in [9.17, 15) is 0 Å². The first kappa shape index (κ1) is 25.4. The van der Waals surface area contributed by atoms with Gasteiger partial charge in [0.1, 0.15) is 0 Å². The molecular formula is C41H24N4S. The molecule has 5 heterocycles. The highest BCUT2D eigenvalue weighted by Gasteiger charge is 2.23. The van der Waals surface area contributed by atoms with Gasteiger partial charge >= 0.3 is 0 Å². The number of fused-ring (bicyclic) bond motifs is 12. The molecule has 10 rings (SSSR count). The Morgan fingerprint density at radius 3 is 1.80 bits per heavy atom. The van der Waals surface area contributed by atoms with Gasteiger partial charge < -0.3 is 4.57 Å². The topological polar surface area (TPSA) is 43.6 Å². The molecule has 5 aromatic carbocycles. The van der Waals surface area contributed by atoms with Crippen molar-refractivity contribution in [3.63, 3.8) is 0 Å². The minimum absolute atomic E-state index is 0.808. The van der Waals surface area contributed by atoms with Crippen LogP contribution in [0.5, 0.6) is 0 Å². The molecule has 0 amide bonds. The number of rotatable bonds is 3. The Morgan fingerprint density at radius 2 is 1.09 bits per heavy atom. The van der Waals surface area contributed by atoms with E-state index in [1.54, 1.807) is 0 Å². The van der Waals surface area contributed by atoms with E-state index in [4.69, 9.17) is 15.0 Å². The molecule has 0 atom stereocenters. The summed E-state index contributed by atoms with van der Waals surface area (Å²) in [6, 6.07) is 47.2. The second kappa shape index (κ2) is 9.80. The lowest BCUT2D eigenvalue weighted by molar-refractivity contribution is 1.15. The maximum absolute atomic E-state index is 5.09. The third kappa shape index (κ3) is 3.63. The van der Waals surface area contributed by atoms with Crippen molar-refractivity contribution < 1.29 is 0 Å². The van der Waals surface area contributed by atoms with Crippen LogP contribution in [0.4, 0.5) is 0 Å². The molecule has 0 aliphatic rings. The molecule has 0 fully saturated rings. The molecule has 0 unspecified atom stereocenters. The van der Waals surface area contributed by atoms with Crippen molar-refractivity contribution in [1.29, 1.82) is 0 Å². The van der Waals surface area contributed by atoms with E-state index < -0.39 is 0 Å². The van der Waals surface area contributed by atoms with Gasteiger partial charge in [0.15, 0.2) is 0 Å². The van der Waals surface area contributed by atoms with E-state index in [1.807, 2.05) is 60.1 Å². The van der Waals surface area contributed by atoms with Crippen LogP contribution >= 0.6 is 11.3 Å². The van der Waals surface area contributed by atoms with E-state index in [1.165, 1.54) is 58.0 Å². The van der Waals surface area contributed by atoms with Crippen LogP contribution in [0.2, 0.25) is 0 Å². The second-order valence-corrected chi connectivity index (χ2v) is 12.6. The monoisotopic (exact) mass is 604 g/mol. The molecule has 0 saturated heterocycles. The van der Waals surface area contributed by atoms with E-state index in [2.05, 4.69) is 102 Å². The first-order chi connectivity index (χ1) is 22.8. The Bertz CT molecular complexity index is 2740. The number of hydrogen-bond acceptors (Lipinski definition) is 4. The number of para-hydroxylation sites is 1. The van der Waals surface area contributed by atoms with Gasteiger partial charge in [-0.25, -0.2) is 4.98 Å². The first-order valence-electron chi connectivity index (χ1n) is 15.4. The molecule has 0 aliphatic carbocycles. The predicted octanol–water partition coefficient (Wildman–Crippen LogP) is 11.0. The van der Waals surface area contributed by atoms with Crippen molar-refractivity contribution in [2.75, 3.05) is 0 Å². The van der Waals surface area contributed by atoms with Crippen molar-refractivity contribution in [2.45, 2.75) is 0 Å². The van der Waals surface area contributed by atoms with Crippen LogP contribution in [0.15, 0.2) is 146 Å². The van der Waals surface area contributed by atoms with Crippen LogP contribution in [-0.2, 0) is 0 Å². The highest BCUT2D eigenvalue weighted by molar-refractivity contribution is 7.27. The van der Waals surface area contributed by atoms with Crippen molar-refractivity contribution in [3.05, 3.63) is 146 Å². The molecule has 0 spiro atoms. The number of nitrogens with zero attached hydrogens (tertiary/aromatic N) is 4. The SMILES string of the molecule is c1ccc(-c2cc(-n3c4ccccc4c4c5ccccc5c5sc6c7ccccc7ccc6c5c43)cc(-c3ccccn3)n2)nc1. The summed E-state index contributed by atoms with van der Waals surface area (Å²) in [6.45, 7) is 0. The average Bonchev–Trinajstić information content (AvgIpc) is 3.69. The zero-order valence-electron chi connectivity index (χ0n) is 24.6. The fourth-order valence-corrected chi connectivity index (χ4v) is 8.48. The van der Waals surface area contributed by atoms with Gasteiger partial charge in [-0.05, 0) is 58.6 Å². The Kier molecular flexibility index (Phi) is 5.41. The molecular weight excluding hydrogens is 581 g/mol. The summed E-state index contributed by atoms with van der Waals surface area (Å²) in [5.74, 6) is 0. The molecule has 0 aliphatic heterocycles. The largest absolute Gasteiger partial charge is 0.308 e. The molecule has 5 aromatic heterocycles. The molecule has 46 heavy (non-hydrogen) atoms. The molecule has 214 valence electrons. The minimum Gasteiger partial charge on any atom is -0.308 e. The normalized spacial score (nSPS) is 11.9. The summed E-state index contributed by atoms with van der Waals surface area (Å²) in [5, 5.41) is 10.2. The number of pyridine rings is 3. The minimum atomic E-state index is 0.808. The van der Waals surface area contributed by atoms with Gasteiger partial charge in [-0.1, -0.05) is 91.0 Å². The molecule has 0 radical (unpaired) electrons. The van der Waals surface area contributed by atoms with Crippen molar-refractivity contribution in [3.8, 4) is 28.5 Å². The lowest BCUT2D eigenvalue weighted by Gasteiger charge is -2.14. The van der Waals surface area contributed by atoms with Gasteiger partial charge in [0, 0.05) is 48.7 Å². The quantitative estimate of drug-likeness (QED) is 0.201. The van der Waals surface area contributed by atoms with Crippen molar-refractivity contribution >= 4 is 74.9 Å². The van der Waals surface area contributed by atoms with E-state index in [0.29, 0.717) is 0 Å². The van der Waals surface area contributed by atoms with Gasteiger partial charge in [0.25, 0.3) is 0 Å². The zero-order valence-corrected chi connectivity index (χ0v) is 25.4. The summed E-state index contributed by atoms with van der Waals surface area (Å²) in [4.78, 5) is 14.5. The molecule has 0 N–H and O–H groups in total. The summed E-state index contributed by atoms with van der Waals surface area (Å²) in [6.07, 6.45) is 3.64. The van der Waals surface area contributed by atoms with Gasteiger partial charge in [0.2, 0.25) is 0 Å². The summed E-state index contributed by atoms with van der Waals surface area (Å²) >= 11 is 1.90. The van der Waals surface area contributed by atoms with Gasteiger partial charge in [-0.3, -0.25) is 9.97 Å². The molecule has 0 saturated carbocycles. The van der Waals surface area contributed by atoms with Gasteiger partial charge in [0.05, 0.1) is 39.5 Å². The van der Waals surface area contributed by atoms with E-state index in [-0.39, 0.29) is 0 Å². The van der Waals surface area contributed by atoms with Crippen LogP contribution < -0.4 is 0 Å². The lowest BCUT2D eigenvalue weighted by atomic mass is 9.99. The van der Waals surface area contributed by atoms with Crippen molar-refractivity contribution in [2.24, 2.45) is 0 Å². The van der Waals surface area contributed by atoms with Gasteiger partial charge in [-0.2, -0.15) is 0 Å². The smallest absolute Gasteiger partial charge is 0.0915 e. The van der Waals surface area contributed by atoms with E-state index >= 15 is 0 Å². The third-order valence-electron chi connectivity index (χ3n) is 9.06. The van der Waals surface area contributed by atoms with E-state index in [0.717, 1.165) is 34.0 Å². The molecule has 4 nitrogen and oxygen atoms in total. The summed E-state index contributed by atoms with van der Waals surface area (Å²) in [7, 11) is 0. The number of hydrogen-bond donors (Lipinski definition) is 0. The first-order valence-corrected chi connectivity index (χ1v) is 16.2. The Labute approximate surface area is 267 Å². The fraction of sp³-hybridized carbons (Fsp3) is 0. The Morgan fingerprint density at radius 1 is 0.457 bits per heavy atom. The van der Waals surface area contributed by atoms with Crippen LogP contribution in [0, 0.1) is 0 Å². The molecule has 5 heteroatoms. The maximum atomic E-state index is 5.09. The summed E-state index contributed by atoms with van der Waals surface area (Å²) in [5.41, 5.74) is 6.66. The third-order valence-corrected chi connectivity index (χ3v) is 10.3. The lowest BCUT2D eigenvalue weighted by Crippen LogP contribution is -1.99. The fourth-order valence-electron chi connectivity index (χ4n) is 7.10. The number of benzene rings is 5. The van der Waals surface area contributed by atoms with Crippen LogP contribution in [0.3, 0.4) is 0 Å².